The zero-order valence-electron chi connectivity index (χ0n) is 16.0. The van der Waals surface area contributed by atoms with Gasteiger partial charge in [-0.1, -0.05) is 36.4 Å². The highest BCUT2D eigenvalue weighted by atomic mass is 19.1. The molecule has 0 spiro atoms. The molecule has 2 aromatic carbocycles. The molecule has 4 rings (SSSR count). The molecule has 2 aromatic heterocycles. The van der Waals surface area contributed by atoms with Gasteiger partial charge in [-0.3, -0.25) is 4.79 Å². The van der Waals surface area contributed by atoms with Gasteiger partial charge in [-0.15, -0.1) is 0 Å². The predicted octanol–water partition coefficient (Wildman–Crippen LogP) is 4.32. The summed E-state index contributed by atoms with van der Waals surface area (Å²) in [5.74, 6) is 0.219. The van der Waals surface area contributed by atoms with Crippen molar-refractivity contribution in [1.82, 2.24) is 14.3 Å². The quantitative estimate of drug-likeness (QED) is 0.493. The lowest BCUT2D eigenvalue weighted by Crippen LogP contribution is -2.26. The third kappa shape index (κ3) is 4.27. The van der Waals surface area contributed by atoms with Crippen LogP contribution in [-0.2, 0) is 13.2 Å². The number of hydrogen-bond acceptors (Lipinski definition) is 3. The van der Waals surface area contributed by atoms with Crippen LogP contribution in [0.15, 0.2) is 79.1 Å². The number of benzene rings is 2. The fourth-order valence-corrected chi connectivity index (χ4v) is 3.05. The first kappa shape index (κ1) is 18.7. The van der Waals surface area contributed by atoms with Gasteiger partial charge in [0.05, 0.1) is 0 Å². The zero-order chi connectivity index (χ0) is 20.2. The molecule has 0 radical (unpaired) electrons. The van der Waals surface area contributed by atoms with E-state index in [4.69, 9.17) is 4.74 Å². The average Bonchev–Trinajstić information content (AvgIpc) is 3.18. The van der Waals surface area contributed by atoms with E-state index in [2.05, 4.69) is 4.98 Å². The van der Waals surface area contributed by atoms with Crippen molar-refractivity contribution in [1.29, 1.82) is 0 Å². The van der Waals surface area contributed by atoms with Crippen molar-refractivity contribution in [2.45, 2.75) is 13.2 Å². The lowest BCUT2D eigenvalue weighted by molar-refractivity contribution is 0.0780. The summed E-state index contributed by atoms with van der Waals surface area (Å²) < 4.78 is 21.1. The molecular weight excluding hydrogens is 369 g/mol. The van der Waals surface area contributed by atoms with Gasteiger partial charge in [0, 0.05) is 31.5 Å². The molecule has 6 heteroatoms. The molecule has 1 amide bonds. The minimum atomic E-state index is -0.281. The number of imidazole rings is 1. The summed E-state index contributed by atoms with van der Waals surface area (Å²) in [5.41, 5.74) is 2.61. The normalized spacial score (nSPS) is 10.8. The number of ether oxygens (including phenoxy) is 1. The number of rotatable bonds is 6. The Morgan fingerprint density at radius 3 is 2.59 bits per heavy atom. The summed E-state index contributed by atoms with van der Waals surface area (Å²) in [6, 6.07) is 19.6. The summed E-state index contributed by atoms with van der Waals surface area (Å²) in [5, 5.41) is 0. The van der Waals surface area contributed by atoms with Crippen LogP contribution < -0.4 is 4.74 Å². The van der Waals surface area contributed by atoms with Gasteiger partial charge in [-0.25, -0.2) is 9.37 Å². The van der Waals surface area contributed by atoms with Crippen molar-refractivity contribution in [3.05, 3.63) is 102 Å². The number of aromatic nitrogens is 2. The van der Waals surface area contributed by atoms with E-state index < -0.39 is 0 Å². The van der Waals surface area contributed by atoms with Crippen LogP contribution in [0.25, 0.3) is 5.65 Å². The Labute approximate surface area is 168 Å². The van der Waals surface area contributed by atoms with Gasteiger partial charge in [0.15, 0.2) is 0 Å². The standard InChI is InChI=1S/C23H20FN3O2/c1-26(23(28)21-15-27-13-5-4-8-22(27)25-21)14-17-9-11-19(12-10-17)29-16-18-6-2-3-7-20(18)24/h2-13,15H,14,16H2,1H3. The number of hydrogen-bond donors (Lipinski definition) is 0. The smallest absolute Gasteiger partial charge is 0.274 e. The van der Waals surface area contributed by atoms with Gasteiger partial charge < -0.3 is 14.0 Å². The van der Waals surface area contributed by atoms with E-state index in [1.165, 1.54) is 6.07 Å². The maximum atomic E-state index is 13.7. The van der Waals surface area contributed by atoms with Crippen LogP contribution in [0.4, 0.5) is 4.39 Å². The molecule has 0 atom stereocenters. The second-order valence-electron chi connectivity index (χ2n) is 6.78. The fourth-order valence-electron chi connectivity index (χ4n) is 3.05. The summed E-state index contributed by atoms with van der Waals surface area (Å²) in [6.07, 6.45) is 3.59. The van der Waals surface area contributed by atoms with Crippen molar-refractivity contribution in [3.8, 4) is 5.75 Å². The topological polar surface area (TPSA) is 46.8 Å². The van der Waals surface area contributed by atoms with Gasteiger partial charge in [-0.2, -0.15) is 0 Å². The summed E-state index contributed by atoms with van der Waals surface area (Å²) in [6.45, 7) is 0.610. The van der Waals surface area contributed by atoms with Crippen LogP contribution in [0.1, 0.15) is 21.6 Å². The maximum Gasteiger partial charge on any atom is 0.274 e. The van der Waals surface area contributed by atoms with Gasteiger partial charge in [0.1, 0.15) is 29.5 Å². The Bertz CT molecular complexity index is 1110. The Morgan fingerprint density at radius 1 is 1.07 bits per heavy atom. The number of amides is 1. The average molecular weight is 389 g/mol. The van der Waals surface area contributed by atoms with Crippen LogP contribution in [0.3, 0.4) is 0 Å². The monoisotopic (exact) mass is 389 g/mol. The molecule has 0 aliphatic heterocycles. The van der Waals surface area contributed by atoms with E-state index in [1.54, 1.807) is 36.3 Å². The van der Waals surface area contributed by atoms with E-state index >= 15 is 0 Å². The summed E-state index contributed by atoms with van der Waals surface area (Å²) in [7, 11) is 1.74. The van der Waals surface area contributed by atoms with Crippen LogP contribution in [0.2, 0.25) is 0 Å². The van der Waals surface area contributed by atoms with Gasteiger partial charge >= 0.3 is 0 Å². The highest BCUT2D eigenvalue weighted by Crippen LogP contribution is 2.17. The number of fused-ring (bicyclic) bond motifs is 1. The number of nitrogens with zero attached hydrogens (tertiary/aromatic N) is 3. The number of halogens is 1. The Kier molecular flexibility index (Phi) is 5.24. The molecule has 0 aliphatic rings. The van der Waals surface area contributed by atoms with Gasteiger partial charge in [0.25, 0.3) is 5.91 Å². The van der Waals surface area contributed by atoms with Crippen molar-refractivity contribution < 1.29 is 13.9 Å². The van der Waals surface area contributed by atoms with E-state index in [0.29, 0.717) is 23.6 Å². The molecule has 0 saturated carbocycles. The molecule has 0 bridgehead atoms. The van der Waals surface area contributed by atoms with Crippen molar-refractivity contribution in [3.63, 3.8) is 0 Å². The second kappa shape index (κ2) is 8.14. The lowest BCUT2D eigenvalue weighted by atomic mass is 10.2. The Hall–Kier alpha value is -3.67. The predicted molar refractivity (Wildman–Crippen MR) is 108 cm³/mol. The molecule has 0 fully saturated rings. The first-order valence-electron chi connectivity index (χ1n) is 9.24. The van der Waals surface area contributed by atoms with E-state index in [1.807, 2.05) is 53.1 Å². The molecule has 0 aliphatic carbocycles. The highest BCUT2D eigenvalue weighted by molar-refractivity contribution is 5.92. The van der Waals surface area contributed by atoms with E-state index in [9.17, 15) is 9.18 Å². The minimum absolute atomic E-state index is 0.145. The first-order chi connectivity index (χ1) is 14.1. The van der Waals surface area contributed by atoms with Gasteiger partial charge in [-0.05, 0) is 35.9 Å². The molecule has 0 saturated heterocycles. The van der Waals surface area contributed by atoms with Crippen LogP contribution >= 0.6 is 0 Å². The molecule has 2 heterocycles. The van der Waals surface area contributed by atoms with Gasteiger partial charge in [0.2, 0.25) is 0 Å². The minimum Gasteiger partial charge on any atom is -0.489 e. The zero-order valence-corrected chi connectivity index (χ0v) is 16.0. The van der Waals surface area contributed by atoms with E-state index in [0.717, 1.165) is 11.2 Å². The van der Waals surface area contributed by atoms with Crippen LogP contribution in [0.5, 0.6) is 5.75 Å². The van der Waals surface area contributed by atoms with Crippen LogP contribution in [-0.4, -0.2) is 27.2 Å². The summed E-state index contributed by atoms with van der Waals surface area (Å²) >= 11 is 0. The maximum absolute atomic E-state index is 13.7. The highest BCUT2D eigenvalue weighted by Gasteiger charge is 2.15. The van der Waals surface area contributed by atoms with Crippen molar-refractivity contribution in [2.24, 2.45) is 0 Å². The molecule has 4 aromatic rings. The number of pyridine rings is 1. The molecule has 146 valence electrons. The molecule has 0 N–H and O–H groups in total. The first-order valence-corrected chi connectivity index (χ1v) is 9.24. The van der Waals surface area contributed by atoms with Crippen molar-refractivity contribution >= 4 is 11.6 Å². The molecule has 29 heavy (non-hydrogen) atoms. The third-order valence-corrected chi connectivity index (χ3v) is 4.63. The lowest BCUT2D eigenvalue weighted by Gasteiger charge is -2.16. The Balaban J connectivity index is 1.37. The fraction of sp³-hybridized carbons (Fsp3) is 0.130. The molecule has 5 nitrogen and oxygen atoms in total. The SMILES string of the molecule is CN(Cc1ccc(OCc2ccccc2F)cc1)C(=O)c1cn2ccccc2n1. The molecular formula is C23H20FN3O2. The van der Waals surface area contributed by atoms with E-state index in [-0.39, 0.29) is 18.3 Å². The number of carbonyl (C=O) groups is 1. The Morgan fingerprint density at radius 2 is 1.83 bits per heavy atom. The molecule has 0 unspecified atom stereocenters. The van der Waals surface area contributed by atoms with Crippen LogP contribution in [0, 0.1) is 5.82 Å². The number of carbonyl (C=O) groups excluding carboxylic acids is 1. The third-order valence-electron chi connectivity index (χ3n) is 4.63. The second-order valence-corrected chi connectivity index (χ2v) is 6.78. The largest absolute Gasteiger partial charge is 0.489 e. The van der Waals surface area contributed by atoms with Crippen molar-refractivity contribution in [2.75, 3.05) is 7.05 Å². The summed E-state index contributed by atoms with van der Waals surface area (Å²) in [4.78, 5) is 18.7.